The number of anilines is 1. The summed E-state index contributed by atoms with van der Waals surface area (Å²) in [4.78, 5) is 16.6. The SMILES string of the molecule is O=C(CCSC1CCCCC1)Nc1nc(-c2ccccc2Cl)cs1. The zero-order valence-corrected chi connectivity index (χ0v) is 15.9. The Bertz CT molecular complexity index is 683. The fraction of sp³-hybridized carbons (Fsp3) is 0.444. The molecule has 24 heavy (non-hydrogen) atoms. The lowest BCUT2D eigenvalue weighted by Gasteiger charge is -2.20. The van der Waals surface area contributed by atoms with Crippen LogP contribution in [0.2, 0.25) is 5.02 Å². The molecule has 128 valence electrons. The van der Waals surface area contributed by atoms with Crippen LogP contribution in [-0.4, -0.2) is 21.9 Å². The first-order chi connectivity index (χ1) is 11.7. The number of hydrogen-bond donors (Lipinski definition) is 1. The predicted octanol–water partition coefficient (Wildman–Crippen LogP) is 5.86. The van der Waals surface area contributed by atoms with E-state index in [1.165, 1.54) is 43.4 Å². The van der Waals surface area contributed by atoms with Crippen molar-refractivity contribution in [3.05, 3.63) is 34.7 Å². The van der Waals surface area contributed by atoms with Crippen molar-refractivity contribution in [2.24, 2.45) is 0 Å². The lowest BCUT2D eigenvalue weighted by molar-refractivity contribution is -0.115. The van der Waals surface area contributed by atoms with Crippen molar-refractivity contribution in [1.29, 1.82) is 0 Å². The molecule has 3 rings (SSSR count). The summed E-state index contributed by atoms with van der Waals surface area (Å²) in [6, 6.07) is 7.60. The van der Waals surface area contributed by atoms with Gasteiger partial charge in [-0.05, 0) is 18.9 Å². The molecule has 1 aromatic carbocycles. The second-order valence-corrected chi connectivity index (χ2v) is 8.62. The molecule has 1 fully saturated rings. The molecule has 1 N–H and O–H groups in total. The van der Waals surface area contributed by atoms with Crippen molar-refractivity contribution >= 4 is 45.7 Å². The molecule has 2 aromatic rings. The monoisotopic (exact) mass is 380 g/mol. The van der Waals surface area contributed by atoms with Crippen molar-refractivity contribution in [3.8, 4) is 11.3 Å². The number of carbonyl (C=O) groups is 1. The molecular formula is C18H21ClN2OS2. The molecule has 0 unspecified atom stereocenters. The summed E-state index contributed by atoms with van der Waals surface area (Å²) in [5, 5.41) is 6.88. The van der Waals surface area contributed by atoms with Crippen LogP contribution in [0.5, 0.6) is 0 Å². The van der Waals surface area contributed by atoms with Gasteiger partial charge < -0.3 is 5.32 Å². The number of nitrogens with one attached hydrogen (secondary N) is 1. The van der Waals surface area contributed by atoms with Gasteiger partial charge in [0.15, 0.2) is 5.13 Å². The average Bonchev–Trinajstić information content (AvgIpc) is 3.04. The van der Waals surface area contributed by atoms with Gasteiger partial charge in [0, 0.05) is 33.4 Å². The second-order valence-electron chi connectivity index (χ2n) is 5.95. The van der Waals surface area contributed by atoms with Crippen LogP contribution in [0, 0.1) is 0 Å². The summed E-state index contributed by atoms with van der Waals surface area (Å²) in [5.74, 6) is 0.928. The molecule has 1 aromatic heterocycles. The maximum atomic E-state index is 12.1. The van der Waals surface area contributed by atoms with Gasteiger partial charge in [0.05, 0.1) is 5.69 Å². The average molecular weight is 381 g/mol. The van der Waals surface area contributed by atoms with E-state index in [0.29, 0.717) is 16.6 Å². The highest BCUT2D eigenvalue weighted by Gasteiger charge is 2.15. The van der Waals surface area contributed by atoms with Crippen molar-refractivity contribution < 1.29 is 4.79 Å². The Balaban J connectivity index is 1.47. The number of benzene rings is 1. The minimum Gasteiger partial charge on any atom is -0.302 e. The number of hydrogen-bond acceptors (Lipinski definition) is 4. The van der Waals surface area contributed by atoms with Gasteiger partial charge in [0.2, 0.25) is 5.91 Å². The maximum Gasteiger partial charge on any atom is 0.226 e. The maximum absolute atomic E-state index is 12.1. The van der Waals surface area contributed by atoms with Gasteiger partial charge in [-0.2, -0.15) is 11.8 Å². The Morgan fingerprint density at radius 1 is 1.29 bits per heavy atom. The first-order valence-corrected chi connectivity index (χ1v) is 10.6. The lowest BCUT2D eigenvalue weighted by atomic mass is 10.0. The number of nitrogens with zero attached hydrogens (tertiary/aromatic N) is 1. The van der Waals surface area contributed by atoms with E-state index < -0.39 is 0 Å². The van der Waals surface area contributed by atoms with E-state index in [9.17, 15) is 4.79 Å². The van der Waals surface area contributed by atoms with Gasteiger partial charge in [0.25, 0.3) is 0 Å². The molecule has 1 aliphatic carbocycles. The molecule has 0 saturated heterocycles. The van der Waals surface area contributed by atoms with Crippen LogP contribution in [0.4, 0.5) is 5.13 Å². The summed E-state index contributed by atoms with van der Waals surface area (Å²) >= 11 is 9.57. The van der Waals surface area contributed by atoms with E-state index in [0.717, 1.165) is 22.3 Å². The first kappa shape index (κ1) is 17.8. The number of thioether (sulfide) groups is 1. The topological polar surface area (TPSA) is 42.0 Å². The third-order valence-corrected chi connectivity index (χ3v) is 6.61. The molecule has 0 atom stereocenters. The van der Waals surface area contributed by atoms with E-state index in [2.05, 4.69) is 10.3 Å². The van der Waals surface area contributed by atoms with Crippen LogP contribution in [0.25, 0.3) is 11.3 Å². The molecule has 3 nitrogen and oxygen atoms in total. The van der Waals surface area contributed by atoms with Gasteiger partial charge >= 0.3 is 0 Å². The number of rotatable bonds is 6. The molecule has 1 heterocycles. The fourth-order valence-corrected chi connectivity index (χ4v) is 5.12. The highest BCUT2D eigenvalue weighted by molar-refractivity contribution is 7.99. The van der Waals surface area contributed by atoms with Crippen molar-refractivity contribution in [3.63, 3.8) is 0 Å². The summed E-state index contributed by atoms with van der Waals surface area (Å²) in [7, 11) is 0. The van der Waals surface area contributed by atoms with Gasteiger partial charge in [-0.15, -0.1) is 11.3 Å². The Morgan fingerprint density at radius 3 is 2.88 bits per heavy atom. The van der Waals surface area contributed by atoms with Crippen LogP contribution in [-0.2, 0) is 4.79 Å². The zero-order valence-electron chi connectivity index (χ0n) is 13.5. The van der Waals surface area contributed by atoms with E-state index >= 15 is 0 Å². The number of halogens is 1. The van der Waals surface area contributed by atoms with Gasteiger partial charge in [-0.25, -0.2) is 4.98 Å². The van der Waals surface area contributed by atoms with E-state index in [1.54, 1.807) is 0 Å². The smallest absolute Gasteiger partial charge is 0.226 e. The Labute approximate surface area is 156 Å². The molecule has 1 saturated carbocycles. The number of aromatic nitrogens is 1. The van der Waals surface area contributed by atoms with Crippen molar-refractivity contribution in [1.82, 2.24) is 4.98 Å². The van der Waals surface area contributed by atoms with Gasteiger partial charge in [0.1, 0.15) is 0 Å². The van der Waals surface area contributed by atoms with Crippen LogP contribution < -0.4 is 5.32 Å². The van der Waals surface area contributed by atoms with Gasteiger partial charge in [-0.1, -0.05) is 49.1 Å². The minimum atomic E-state index is 0.0402. The van der Waals surface area contributed by atoms with Crippen LogP contribution >= 0.6 is 34.7 Å². The molecule has 0 radical (unpaired) electrons. The standard InChI is InChI=1S/C18H21ClN2OS2/c19-15-9-5-4-8-14(15)16-12-24-18(20-16)21-17(22)10-11-23-13-6-2-1-3-7-13/h4-5,8-9,12-13H,1-3,6-7,10-11H2,(H,20,21,22). The molecular weight excluding hydrogens is 360 g/mol. The Kier molecular flexibility index (Phi) is 6.58. The molecule has 0 spiro atoms. The number of carbonyl (C=O) groups excluding carboxylic acids is 1. The van der Waals surface area contributed by atoms with E-state index in [-0.39, 0.29) is 5.91 Å². The predicted molar refractivity (Wildman–Crippen MR) is 105 cm³/mol. The Hall–Kier alpha value is -1.04. The highest BCUT2D eigenvalue weighted by Crippen LogP contribution is 2.31. The number of amides is 1. The highest BCUT2D eigenvalue weighted by atomic mass is 35.5. The third kappa shape index (κ3) is 4.98. The summed E-state index contributed by atoms with van der Waals surface area (Å²) in [5.41, 5.74) is 1.70. The molecule has 1 amide bonds. The largest absolute Gasteiger partial charge is 0.302 e. The normalized spacial score (nSPS) is 15.4. The quantitative estimate of drug-likeness (QED) is 0.682. The number of thiazole rings is 1. The molecule has 1 aliphatic rings. The van der Waals surface area contributed by atoms with Crippen LogP contribution in [0.1, 0.15) is 38.5 Å². The van der Waals surface area contributed by atoms with Gasteiger partial charge in [-0.3, -0.25) is 4.79 Å². The molecule has 0 bridgehead atoms. The zero-order chi connectivity index (χ0) is 16.8. The minimum absolute atomic E-state index is 0.0402. The second kappa shape index (κ2) is 8.88. The fourth-order valence-electron chi connectivity index (χ4n) is 2.86. The van der Waals surface area contributed by atoms with E-state index in [4.69, 9.17) is 11.6 Å². The third-order valence-electron chi connectivity index (χ3n) is 4.14. The summed E-state index contributed by atoms with van der Waals surface area (Å²) < 4.78 is 0. The van der Waals surface area contributed by atoms with Crippen molar-refractivity contribution in [2.45, 2.75) is 43.8 Å². The Morgan fingerprint density at radius 2 is 2.08 bits per heavy atom. The van der Waals surface area contributed by atoms with E-state index in [1.807, 2.05) is 41.4 Å². The first-order valence-electron chi connectivity index (χ1n) is 8.34. The summed E-state index contributed by atoms with van der Waals surface area (Å²) in [6.07, 6.45) is 7.21. The lowest BCUT2D eigenvalue weighted by Crippen LogP contribution is -2.14. The molecule has 0 aliphatic heterocycles. The molecule has 6 heteroatoms. The summed E-state index contributed by atoms with van der Waals surface area (Å²) in [6.45, 7) is 0. The van der Waals surface area contributed by atoms with Crippen LogP contribution in [0.15, 0.2) is 29.6 Å². The van der Waals surface area contributed by atoms with Crippen LogP contribution in [0.3, 0.4) is 0 Å². The van der Waals surface area contributed by atoms with Crippen molar-refractivity contribution in [2.75, 3.05) is 11.1 Å².